The van der Waals surface area contributed by atoms with Crippen molar-refractivity contribution in [2.45, 2.75) is 26.4 Å². The van der Waals surface area contributed by atoms with Crippen molar-refractivity contribution in [2.75, 3.05) is 0 Å². The summed E-state index contributed by atoms with van der Waals surface area (Å²) in [5.74, 6) is 1.05. The molecule has 134 valence electrons. The Balaban J connectivity index is 2.02. The van der Waals surface area contributed by atoms with Crippen LogP contribution in [0.2, 0.25) is 5.02 Å². The van der Waals surface area contributed by atoms with E-state index in [1.165, 1.54) is 0 Å². The summed E-state index contributed by atoms with van der Waals surface area (Å²) in [5.41, 5.74) is 1.69. The fourth-order valence-electron chi connectivity index (χ4n) is 2.52. The van der Waals surface area contributed by atoms with Gasteiger partial charge < -0.3 is 5.32 Å². The second-order valence-corrected chi connectivity index (χ2v) is 7.51. The largest absolute Gasteiger partial charge is 0.352 e. The average Bonchev–Trinajstić information content (AvgIpc) is 2.98. The lowest BCUT2D eigenvalue weighted by atomic mass is 10.2. The molecule has 0 unspecified atom stereocenters. The summed E-state index contributed by atoms with van der Waals surface area (Å²) < 4.78 is 2.59. The maximum atomic E-state index is 12.2. The molecule has 1 amide bonds. The second-order valence-electron chi connectivity index (χ2n) is 6.16. The molecule has 26 heavy (non-hydrogen) atoms. The zero-order valence-electron chi connectivity index (χ0n) is 14.4. The van der Waals surface area contributed by atoms with Gasteiger partial charge in [0.05, 0.1) is 0 Å². The Labute approximate surface area is 165 Å². The lowest BCUT2D eigenvalue weighted by molar-refractivity contribution is -0.122. The van der Waals surface area contributed by atoms with E-state index in [9.17, 15) is 4.79 Å². The molecule has 0 spiro atoms. The highest BCUT2D eigenvalue weighted by Crippen LogP contribution is 2.25. The van der Waals surface area contributed by atoms with Gasteiger partial charge in [0.1, 0.15) is 6.54 Å². The number of rotatable bonds is 5. The number of aromatic nitrogens is 3. The van der Waals surface area contributed by atoms with Crippen molar-refractivity contribution in [3.05, 3.63) is 58.0 Å². The highest BCUT2D eigenvalue weighted by Gasteiger charge is 2.16. The molecule has 1 aromatic heterocycles. The number of carbonyl (C=O) groups excluding carboxylic acids is 1. The number of nitrogens with one attached hydrogen (secondary N) is 1. The molecule has 7 heteroatoms. The molecule has 0 aliphatic heterocycles. The quantitative estimate of drug-likeness (QED) is 0.642. The minimum Gasteiger partial charge on any atom is -0.352 e. The fraction of sp³-hybridized carbons (Fsp3) is 0.211. The number of nitrogens with zero attached hydrogens (tertiary/aromatic N) is 3. The normalized spacial score (nSPS) is 11.0. The summed E-state index contributed by atoms with van der Waals surface area (Å²) >= 11 is 9.55. The predicted molar refractivity (Wildman–Crippen MR) is 107 cm³/mol. The molecule has 1 N–H and O–H groups in total. The Morgan fingerprint density at radius 3 is 2.58 bits per heavy atom. The third-order valence-electron chi connectivity index (χ3n) is 3.60. The average molecular weight is 434 g/mol. The van der Waals surface area contributed by atoms with Gasteiger partial charge in [0.15, 0.2) is 11.6 Å². The number of carbonyl (C=O) groups is 1. The van der Waals surface area contributed by atoms with E-state index in [1.807, 2.05) is 56.3 Å². The summed E-state index contributed by atoms with van der Waals surface area (Å²) in [4.78, 5) is 16.9. The van der Waals surface area contributed by atoms with Crippen LogP contribution in [0.5, 0.6) is 0 Å². The van der Waals surface area contributed by atoms with E-state index in [1.54, 1.807) is 10.7 Å². The van der Waals surface area contributed by atoms with Crippen LogP contribution in [-0.2, 0) is 11.3 Å². The highest BCUT2D eigenvalue weighted by atomic mass is 79.9. The van der Waals surface area contributed by atoms with Gasteiger partial charge in [-0.05, 0) is 38.1 Å². The number of halogens is 2. The number of hydrogen-bond acceptors (Lipinski definition) is 3. The Kier molecular flexibility index (Phi) is 5.74. The van der Waals surface area contributed by atoms with Crippen molar-refractivity contribution >= 4 is 33.4 Å². The van der Waals surface area contributed by atoms with E-state index < -0.39 is 0 Å². The van der Waals surface area contributed by atoms with Crippen LogP contribution in [0.3, 0.4) is 0 Å². The minimum absolute atomic E-state index is 0.0617. The molecule has 5 nitrogen and oxygen atoms in total. The van der Waals surface area contributed by atoms with Crippen molar-refractivity contribution in [2.24, 2.45) is 0 Å². The lowest BCUT2D eigenvalue weighted by Crippen LogP contribution is -2.33. The summed E-state index contributed by atoms with van der Waals surface area (Å²) in [6.45, 7) is 3.93. The molecule has 0 aliphatic carbocycles. The highest BCUT2D eigenvalue weighted by molar-refractivity contribution is 9.10. The molecule has 3 rings (SSSR count). The Morgan fingerprint density at radius 1 is 1.19 bits per heavy atom. The number of hydrogen-bond donors (Lipinski definition) is 1. The van der Waals surface area contributed by atoms with E-state index >= 15 is 0 Å². The summed E-state index contributed by atoms with van der Waals surface area (Å²) in [6.07, 6.45) is 0. The summed E-state index contributed by atoms with van der Waals surface area (Å²) in [5, 5.41) is 8.03. The Morgan fingerprint density at radius 2 is 1.92 bits per heavy atom. The van der Waals surface area contributed by atoms with E-state index in [0.29, 0.717) is 16.7 Å². The van der Waals surface area contributed by atoms with Crippen LogP contribution >= 0.6 is 27.5 Å². The molecule has 2 aromatic carbocycles. The Bertz CT molecular complexity index is 922. The van der Waals surface area contributed by atoms with Gasteiger partial charge in [-0.25, -0.2) is 9.67 Å². The molecule has 1 heterocycles. The van der Waals surface area contributed by atoms with Gasteiger partial charge >= 0.3 is 0 Å². The van der Waals surface area contributed by atoms with E-state index in [-0.39, 0.29) is 18.5 Å². The molecule has 3 aromatic rings. The summed E-state index contributed by atoms with van der Waals surface area (Å²) in [6, 6.07) is 15.1. The number of benzene rings is 2. The zero-order chi connectivity index (χ0) is 18.7. The van der Waals surface area contributed by atoms with Gasteiger partial charge in [0.2, 0.25) is 5.91 Å². The van der Waals surface area contributed by atoms with Gasteiger partial charge in [0.25, 0.3) is 0 Å². The minimum atomic E-state index is -0.115. The molecule has 0 atom stereocenters. The van der Waals surface area contributed by atoms with Crippen LogP contribution in [0.15, 0.2) is 53.0 Å². The van der Waals surface area contributed by atoms with Crippen LogP contribution in [0.1, 0.15) is 13.8 Å². The molecular weight excluding hydrogens is 416 g/mol. The smallest absolute Gasteiger partial charge is 0.242 e. The molecule has 0 radical (unpaired) electrons. The second kappa shape index (κ2) is 8.01. The third kappa shape index (κ3) is 4.51. The number of amides is 1. The monoisotopic (exact) mass is 432 g/mol. The molecule has 0 bridgehead atoms. The van der Waals surface area contributed by atoms with E-state index in [4.69, 9.17) is 11.6 Å². The first kappa shape index (κ1) is 18.6. The third-order valence-corrected chi connectivity index (χ3v) is 4.36. The fourth-order valence-corrected chi connectivity index (χ4v) is 2.97. The SMILES string of the molecule is CC(C)NC(=O)Cn1nc(-c2ccc(Br)cc2)nc1-c1cccc(Cl)c1. The van der Waals surface area contributed by atoms with Gasteiger partial charge in [-0.3, -0.25) is 4.79 Å². The standard InChI is InChI=1S/C19H18BrClN4O/c1-12(2)22-17(26)11-25-19(14-4-3-5-16(21)10-14)23-18(24-25)13-6-8-15(20)9-7-13/h3-10,12H,11H2,1-2H3,(H,22,26). The van der Waals surface area contributed by atoms with Crippen molar-refractivity contribution in [3.8, 4) is 22.8 Å². The molecule has 0 aliphatic rings. The first-order chi connectivity index (χ1) is 12.4. The van der Waals surface area contributed by atoms with E-state index in [0.717, 1.165) is 15.6 Å². The van der Waals surface area contributed by atoms with Crippen LogP contribution in [0.4, 0.5) is 0 Å². The summed E-state index contributed by atoms with van der Waals surface area (Å²) in [7, 11) is 0. The lowest BCUT2D eigenvalue weighted by Gasteiger charge is -2.09. The van der Waals surface area contributed by atoms with Gasteiger partial charge in [-0.15, -0.1) is 5.10 Å². The topological polar surface area (TPSA) is 59.8 Å². The van der Waals surface area contributed by atoms with Crippen molar-refractivity contribution < 1.29 is 4.79 Å². The van der Waals surface area contributed by atoms with Gasteiger partial charge in [-0.2, -0.15) is 0 Å². The molecule has 0 saturated heterocycles. The van der Waals surface area contributed by atoms with Crippen molar-refractivity contribution in [1.29, 1.82) is 0 Å². The maximum Gasteiger partial charge on any atom is 0.242 e. The van der Waals surface area contributed by atoms with E-state index in [2.05, 4.69) is 31.3 Å². The predicted octanol–water partition coefficient (Wildman–Crippen LogP) is 4.55. The van der Waals surface area contributed by atoms with Gasteiger partial charge in [-0.1, -0.05) is 51.8 Å². The maximum absolute atomic E-state index is 12.2. The molecule has 0 saturated carbocycles. The van der Waals surface area contributed by atoms with Crippen molar-refractivity contribution in [1.82, 2.24) is 20.1 Å². The van der Waals surface area contributed by atoms with Crippen LogP contribution in [0, 0.1) is 0 Å². The molecular formula is C19H18BrClN4O. The molecule has 0 fully saturated rings. The Hall–Kier alpha value is -2.18. The van der Waals surface area contributed by atoms with Crippen LogP contribution < -0.4 is 5.32 Å². The van der Waals surface area contributed by atoms with Crippen molar-refractivity contribution in [3.63, 3.8) is 0 Å². The first-order valence-electron chi connectivity index (χ1n) is 8.18. The van der Waals surface area contributed by atoms with Gasteiger partial charge in [0, 0.05) is 26.7 Å². The first-order valence-corrected chi connectivity index (χ1v) is 9.35. The van der Waals surface area contributed by atoms with Crippen LogP contribution in [0.25, 0.3) is 22.8 Å². The zero-order valence-corrected chi connectivity index (χ0v) is 16.8. The van der Waals surface area contributed by atoms with Crippen LogP contribution in [-0.4, -0.2) is 26.7 Å².